The maximum atomic E-state index is 12.7. The van der Waals surface area contributed by atoms with Crippen LogP contribution in [0.1, 0.15) is 53.4 Å². The zero-order valence-corrected chi connectivity index (χ0v) is 13.1. The molecule has 19 heavy (non-hydrogen) atoms. The van der Waals surface area contributed by atoms with Crippen molar-refractivity contribution in [2.75, 3.05) is 26.2 Å². The summed E-state index contributed by atoms with van der Waals surface area (Å²) in [5.41, 5.74) is 5.51. The van der Waals surface area contributed by atoms with E-state index in [0.29, 0.717) is 0 Å². The highest BCUT2D eigenvalue weighted by Crippen LogP contribution is 2.21. The highest BCUT2D eigenvalue weighted by Gasteiger charge is 2.37. The smallest absolute Gasteiger partial charge is 0.242 e. The fourth-order valence-electron chi connectivity index (χ4n) is 2.81. The maximum absolute atomic E-state index is 12.7. The molecule has 4 nitrogen and oxygen atoms in total. The molecule has 0 saturated carbocycles. The van der Waals surface area contributed by atoms with E-state index in [1.54, 1.807) is 0 Å². The molecule has 1 heterocycles. The van der Waals surface area contributed by atoms with Crippen molar-refractivity contribution in [1.29, 1.82) is 0 Å². The lowest BCUT2D eigenvalue weighted by Gasteiger charge is -2.42. The van der Waals surface area contributed by atoms with Gasteiger partial charge in [-0.15, -0.1) is 0 Å². The van der Waals surface area contributed by atoms with Gasteiger partial charge in [-0.1, -0.05) is 20.3 Å². The Morgan fingerprint density at radius 2 is 1.89 bits per heavy atom. The van der Waals surface area contributed by atoms with Crippen molar-refractivity contribution < 1.29 is 4.79 Å². The predicted octanol–water partition coefficient (Wildman–Crippen LogP) is 1.84. The van der Waals surface area contributed by atoms with Gasteiger partial charge in [0.1, 0.15) is 0 Å². The van der Waals surface area contributed by atoms with E-state index in [1.807, 2.05) is 4.90 Å². The molecule has 2 N–H and O–H groups in total. The van der Waals surface area contributed by atoms with Crippen LogP contribution in [-0.2, 0) is 4.79 Å². The van der Waals surface area contributed by atoms with E-state index in [0.717, 1.165) is 45.4 Å². The number of rotatable bonds is 6. The number of nitrogens with zero attached hydrogens (tertiary/aromatic N) is 2. The molecule has 0 aromatic rings. The van der Waals surface area contributed by atoms with Crippen molar-refractivity contribution in [1.82, 2.24) is 9.80 Å². The number of unbranched alkanes of at least 4 members (excludes halogenated alkanes) is 1. The van der Waals surface area contributed by atoms with Gasteiger partial charge in [0.2, 0.25) is 5.91 Å². The molecule has 0 bridgehead atoms. The number of piperidine rings is 1. The molecule has 0 unspecified atom stereocenters. The number of likely N-dealkylation sites (tertiary alicyclic amines) is 1. The van der Waals surface area contributed by atoms with Crippen LogP contribution in [-0.4, -0.2) is 53.5 Å². The first-order valence-electron chi connectivity index (χ1n) is 7.73. The second-order valence-corrected chi connectivity index (χ2v) is 6.12. The summed E-state index contributed by atoms with van der Waals surface area (Å²) in [5, 5.41) is 0. The lowest BCUT2D eigenvalue weighted by Crippen LogP contribution is -2.58. The third kappa shape index (κ3) is 4.18. The molecule has 0 aliphatic carbocycles. The summed E-state index contributed by atoms with van der Waals surface area (Å²) < 4.78 is 0. The Morgan fingerprint density at radius 1 is 1.32 bits per heavy atom. The zero-order chi connectivity index (χ0) is 14.5. The van der Waals surface area contributed by atoms with E-state index in [9.17, 15) is 4.79 Å². The molecule has 1 aliphatic rings. The van der Waals surface area contributed by atoms with Gasteiger partial charge >= 0.3 is 0 Å². The van der Waals surface area contributed by atoms with Gasteiger partial charge in [-0.05, 0) is 46.2 Å². The lowest BCUT2D eigenvalue weighted by atomic mass is 9.97. The van der Waals surface area contributed by atoms with Gasteiger partial charge in [0, 0.05) is 19.1 Å². The van der Waals surface area contributed by atoms with Crippen LogP contribution in [0.25, 0.3) is 0 Å². The molecule has 112 valence electrons. The van der Waals surface area contributed by atoms with Gasteiger partial charge in [0.15, 0.2) is 0 Å². The Labute approximate surface area is 118 Å². The average molecular weight is 269 g/mol. The minimum Gasteiger partial charge on any atom is -0.341 e. The Bertz CT molecular complexity index is 283. The summed E-state index contributed by atoms with van der Waals surface area (Å²) in [6.45, 7) is 12.0. The van der Waals surface area contributed by atoms with Gasteiger partial charge in [-0.25, -0.2) is 0 Å². The van der Waals surface area contributed by atoms with Crippen LogP contribution in [0.4, 0.5) is 0 Å². The second kappa shape index (κ2) is 7.25. The first-order chi connectivity index (χ1) is 8.93. The van der Waals surface area contributed by atoms with Crippen molar-refractivity contribution in [3.05, 3.63) is 0 Å². The van der Waals surface area contributed by atoms with Crippen LogP contribution in [0.3, 0.4) is 0 Å². The fraction of sp³-hybridized carbons (Fsp3) is 0.933. The number of hydrogen-bond acceptors (Lipinski definition) is 3. The van der Waals surface area contributed by atoms with Crippen molar-refractivity contribution in [2.24, 2.45) is 5.73 Å². The van der Waals surface area contributed by atoms with E-state index in [2.05, 4.69) is 32.6 Å². The fourth-order valence-corrected chi connectivity index (χ4v) is 2.81. The monoisotopic (exact) mass is 269 g/mol. The average Bonchev–Trinajstić information content (AvgIpc) is 2.39. The topological polar surface area (TPSA) is 49.6 Å². The summed E-state index contributed by atoms with van der Waals surface area (Å²) in [5.74, 6) is 0.261. The largest absolute Gasteiger partial charge is 0.341 e. The maximum Gasteiger partial charge on any atom is 0.242 e. The van der Waals surface area contributed by atoms with E-state index >= 15 is 0 Å². The Hall–Kier alpha value is -0.610. The quantitative estimate of drug-likeness (QED) is 0.800. The molecule has 0 atom stereocenters. The predicted molar refractivity (Wildman–Crippen MR) is 80.0 cm³/mol. The molecule has 1 aliphatic heterocycles. The summed E-state index contributed by atoms with van der Waals surface area (Å²) in [6.07, 6.45) is 4.18. The summed E-state index contributed by atoms with van der Waals surface area (Å²) in [7, 11) is 0. The number of likely N-dealkylation sites (N-methyl/N-ethyl adjacent to an activating group) is 1. The molecule has 1 rings (SSSR count). The van der Waals surface area contributed by atoms with Crippen LogP contribution in [0, 0.1) is 0 Å². The first-order valence-corrected chi connectivity index (χ1v) is 7.73. The van der Waals surface area contributed by atoms with Gasteiger partial charge in [-0.3, -0.25) is 9.69 Å². The first kappa shape index (κ1) is 16.4. The third-order valence-electron chi connectivity index (χ3n) is 4.30. The van der Waals surface area contributed by atoms with Gasteiger partial charge < -0.3 is 10.6 Å². The SMILES string of the molecule is CCCCN(CC)C(C)(C)C(=O)N1CCC(N)CC1. The molecule has 1 fully saturated rings. The highest BCUT2D eigenvalue weighted by molar-refractivity contribution is 5.85. The number of amides is 1. The third-order valence-corrected chi connectivity index (χ3v) is 4.30. The van der Waals surface area contributed by atoms with Gasteiger partial charge in [-0.2, -0.15) is 0 Å². The molecule has 4 heteroatoms. The van der Waals surface area contributed by atoms with Crippen LogP contribution in [0.5, 0.6) is 0 Å². The molecular weight excluding hydrogens is 238 g/mol. The van der Waals surface area contributed by atoms with E-state index in [4.69, 9.17) is 5.73 Å². The van der Waals surface area contributed by atoms with Crippen molar-refractivity contribution in [3.63, 3.8) is 0 Å². The van der Waals surface area contributed by atoms with Crippen LogP contribution in [0.2, 0.25) is 0 Å². The number of carbonyl (C=O) groups is 1. The molecular formula is C15H31N3O. The van der Waals surface area contributed by atoms with E-state index in [1.165, 1.54) is 6.42 Å². The molecule has 0 radical (unpaired) electrons. The molecule has 0 aromatic heterocycles. The van der Waals surface area contributed by atoms with Crippen molar-refractivity contribution in [3.8, 4) is 0 Å². The van der Waals surface area contributed by atoms with E-state index in [-0.39, 0.29) is 11.9 Å². The minimum absolute atomic E-state index is 0.261. The van der Waals surface area contributed by atoms with Crippen LogP contribution >= 0.6 is 0 Å². The Kier molecular flexibility index (Phi) is 6.27. The molecule has 1 amide bonds. The molecule has 0 aromatic carbocycles. The summed E-state index contributed by atoms with van der Waals surface area (Å²) >= 11 is 0. The standard InChI is InChI=1S/C15H31N3O/c1-5-7-10-18(6-2)15(3,4)14(19)17-11-8-13(16)9-12-17/h13H,5-12,16H2,1-4H3. The van der Waals surface area contributed by atoms with E-state index < -0.39 is 5.54 Å². The second-order valence-electron chi connectivity index (χ2n) is 6.12. The normalized spacial score (nSPS) is 18.1. The number of carbonyl (C=O) groups excluding carboxylic acids is 1. The Balaban J connectivity index is 2.65. The molecule has 0 spiro atoms. The summed E-state index contributed by atoms with van der Waals surface area (Å²) in [6, 6.07) is 0.273. The highest BCUT2D eigenvalue weighted by atomic mass is 16.2. The zero-order valence-electron chi connectivity index (χ0n) is 13.1. The van der Waals surface area contributed by atoms with Gasteiger partial charge in [0.05, 0.1) is 5.54 Å². The Morgan fingerprint density at radius 3 is 2.37 bits per heavy atom. The van der Waals surface area contributed by atoms with Crippen LogP contribution in [0.15, 0.2) is 0 Å². The van der Waals surface area contributed by atoms with Crippen LogP contribution < -0.4 is 5.73 Å². The number of nitrogens with two attached hydrogens (primary N) is 1. The van der Waals surface area contributed by atoms with Gasteiger partial charge in [0.25, 0.3) is 0 Å². The summed E-state index contributed by atoms with van der Waals surface area (Å²) in [4.78, 5) is 17.0. The molecule has 1 saturated heterocycles. The number of hydrogen-bond donors (Lipinski definition) is 1. The minimum atomic E-state index is -0.397. The van der Waals surface area contributed by atoms with Crippen molar-refractivity contribution in [2.45, 2.75) is 65.0 Å². The lowest BCUT2D eigenvalue weighted by molar-refractivity contribution is -0.143. The van der Waals surface area contributed by atoms with Crippen molar-refractivity contribution >= 4 is 5.91 Å².